The molecule has 5 heteroatoms. The summed E-state index contributed by atoms with van der Waals surface area (Å²) >= 11 is 0. The lowest BCUT2D eigenvalue weighted by Crippen LogP contribution is -2.36. The van der Waals surface area contributed by atoms with Crippen molar-refractivity contribution < 1.29 is 14.3 Å². The molecular weight excluding hydrogens is 259 g/mol. The summed E-state index contributed by atoms with van der Waals surface area (Å²) in [5, 5.41) is 12.5. The third-order valence-electron chi connectivity index (χ3n) is 3.12. The summed E-state index contributed by atoms with van der Waals surface area (Å²) in [6.45, 7) is 6.04. The Morgan fingerprint density at radius 2 is 2.15 bits per heavy atom. The van der Waals surface area contributed by atoms with Gasteiger partial charge in [-0.25, -0.2) is 4.39 Å². The van der Waals surface area contributed by atoms with Crippen molar-refractivity contribution >= 4 is 11.6 Å². The zero-order valence-corrected chi connectivity index (χ0v) is 12.5. The average molecular weight is 282 g/mol. The molecule has 0 heterocycles. The Morgan fingerprint density at radius 1 is 1.50 bits per heavy atom. The van der Waals surface area contributed by atoms with E-state index in [0.29, 0.717) is 23.4 Å². The Morgan fingerprint density at radius 3 is 2.70 bits per heavy atom. The van der Waals surface area contributed by atoms with E-state index >= 15 is 0 Å². The van der Waals surface area contributed by atoms with E-state index in [2.05, 4.69) is 5.32 Å². The maximum atomic E-state index is 13.6. The summed E-state index contributed by atoms with van der Waals surface area (Å²) in [7, 11) is 1.75. The number of nitrogens with zero attached hydrogens (tertiary/aromatic N) is 1. The molecule has 0 aromatic heterocycles. The smallest absolute Gasteiger partial charge is 0.239 e. The van der Waals surface area contributed by atoms with E-state index in [1.807, 2.05) is 6.92 Å². The number of hydrogen-bond acceptors (Lipinski definition) is 3. The molecule has 0 unspecified atom stereocenters. The topological polar surface area (TPSA) is 52.6 Å². The molecule has 0 spiro atoms. The molecular formula is C15H23FN2O2. The van der Waals surface area contributed by atoms with Gasteiger partial charge >= 0.3 is 0 Å². The molecule has 0 saturated heterocycles. The first-order valence-electron chi connectivity index (χ1n) is 6.82. The van der Waals surface area contributed by atoms with Crippen molar-refractivity contribution in [2.45, 2.75) is 33.3 Å². The van der Waals surface area contributed by atoms with Gasteiger partial charge in [0.25, 0.3) is 0 Å². The first kappa shape index (κ1) is 16.4. The predicted octanol–water partition coefficient (Wildman–Crippen LogP) is 2.15. The first-order chi connectivity index (χ1) is 9.36. The van der Waals surface area contributed by atoms with Gasteiger partial charge in [0.15, 0.2) is 0 Å². The highest BCUT2D eigenvalue weighted by Gasteiger charge is 2.16. The summed E-state index contributed by atoms with van der Waals surface area (Å²) in [4.78, 5) is 13.5. The van der Waals surface area contributed by atoms with Crippen LogP contribution in [0.4, 0.5) is 10.1 Å². The minimum atomic E-state index is -0.791. The Labute approximate surface area is 119 Å². The van der Waals surface area contributed by atoms with Gasteiger partial charge in [-0.2, -0.15) is 0 Å². The van der Waals surface area contributed by atoms with Crippen LogP contribution >= 0.6 is 0 Å². The molecule has 2 N–H and O–H groups in total. The van der Waals surface area contributed by atoms with Crippen LogP contribution in [0.2, 0.25) is 0 Å². The average Bonchev–Trinajstić information content (AvgIpc) is 2.38. The van der Waals surface area contributed by atoms with Crippen LogP contribution in [0.15, 0.2) is 12.1 Å². The number of hydrogen-bond donors (Lipinski definition) is 2. The minimum absolute atomic E-state index is 0.0899. The minimum Gasteiger partial charge on any atom is -0.389 e. The number of carbonyl (C=O) groups is 1. The van der Waals surface area contributed by atoms with Crippen molar-refractivity contribution in [2.24, 2.45) is 0 Å². The zero-order chi connectivity index (χ0) is 15.3. The summed E-state index contributed by atoms with van der Waals surface area (Å²) < 4.78 is 13.6. The van der Waals surface area contributed by atoms with Crippen LogP contribution in [0.1, 0.15) is 37.5 Å². The standard InChI is InChI=1S/C15H23FN2O2/c1-5-6-17-15(20)9-18(4)14-7-10(2)13(16)8-12(14)11(3)19/h7-8,11,19H,5-6,9H2,1-4H3,(H,17,20)/t11-/m0/s1. The van der Waals surface area contributed by atoms with E-state index in [1.165, 1.54) is 6.07 Å². The molecule has 1 rings (SSSR count). The fourth-order valence-corrected chi connectivity index (χ4v) is 1.97. The largest absolute Gasteiger partial charge is 0.389 e. The fraction of sp³-hybridized carbons (Fsp3) is 0.533. The van der Waals surface area contributed by atoms with E-state index in [1.54, 1.807) is 31.9 Å². The normalized spacial score (nSPS) is 12.1. The van der Waals surface area contributed by atoms with E-state index in [-0.39, 0.29) is 18.3 Å². The molecule has 20 heavy (non-hydrogen) atoms. The Bertz CT molecular complexity index is 475. The fourth-order valence-electron chi connectivity index (χ4n) is 1.97. The molecule has 0 aliphatic carbocycles. The second-order valence-electron chi connectivity index (χ2n) is 5.04. The molecule has 0 fully saturated rings. The number of aliphatic hydroxyl groups excluding tert-OH is 1. The van der Waals surface area contributed by atoms with Crippen molar-refractivity contribution in [2.75, 3.05) is 25.0 Å². The summed E-state index contributed by atoms with van der Waals surface area (Å²) in [5.74, 6) is -0.443. The van der Waals surface area contributed by atoms with Crippen molar-refractivity contribution in [3.05, 3.63) is 29.1 Å². The van der Waals surface area contributed by atoms with Gasteiger partial charge in [-0.3, -0.25) is 4.79 Å². The maximum absolute atomic E-state index is 13.6. The first-order valence-corrected chi connectivity index (χ1v) is 6.82. The molecule has 0 aliphatic rings. The number of benzene rings is 1. The zero-order valence-electron chi connectivity index (χ0n) is 12.5. The third kappa shape index (κ3) is 4.20. The summed E-state index contributed by atoms with van der Waals surface area (Å²) in [6.07, 6.45) is 0.0885. The number of rotatable bonds is 6. The van der Waals surface area contributed by atoms with Crippen LogP contribution in [0.25, 0.3) is 0 Å². The van der Waals surface area contributed by atoms with E-state index in [9.17, 15) is 14.3 Å². The van der Waals surface area contributed by atoms with Gasteiger partial charge in [-0.1, -0.05) is 6.92 Å². The number of anilines is 1. The highest BCUT2D eigenvalue weighted by molar-refractivity contribution is 5.81. The highest BCUT2D eigenvalue weighted by Crippen LogP contribution is 2.28. The number of likely N-dealkylation sites (N-methyl/N-ethyl adjacent to an activating group) is 1. The second kappa shape index (κ2) is 7.24. The van der Waals surface area contributed by atoms with Crippen molar-refractivity contribution in [3.63, 3.8) is 0 Å². The van der Waals surface area contributed by atoms with Gasteiger partial charge in [0.1, 0.15) is 5.82 Å². The van der Waals surface area contributed by atoms with Crippen LogP contribution < -0.4 is 10.2 Å². The van der Waals surface area contributed by atoms with Gasteiger partial charge in [0.05, 0.1) is 12.6 Å². The number of nitrogens with one attached hydrogen (secondary N) is 1. The molecule has 0 aliphatic heterocycles. The number of amides is 1. The quantitative estimate of drug-likeness (QED) is 0.840. The SMILES string of the molecule is CCCNC(=O)CN(C)c1cc(C)c(F)cc1[C@H](C)O. The molecule has 1 atom stereocenters. The van der Waals surface area contributed by atoms with Gasteiger partial charge in [0, 0.05) is 24.8 Å². The molecule has 0 radical (unpaired) electrons. The molecule has 1 aromatic rings. The predicted molar refractivity (Wildman–Crippen MR) is 78.3 cm³/mol. The van der Waals surface area contributed by atoms with Gasteiger partial charge in [-0.05, 0) is 38.0 Å². The molecule has 0 bridgehead atoms. The number of aliphatic hydroxyl groups is 1. The van der Waals surface area contributed by atoms with Crippen molar-refractivity contribution in [1.82, 2.24) is 5.32 Å². The highest BCUT2D eigenvalue weighted by atomic mass is 19.1. The van der Waals surface area contributed by atoms with Gasteiger partial charge < -0.3 is 15.3 Å². The van der Waals surface area contributed by atoms with Gasteiger partial charge in [0.2, 0.25) is 5.91 Å². The lowest BCUT2D eigenvalue weighted by molar-refractivity contribution is -0.119. The Kier molecular flexibility index (Phi) is 5.95. The molecule has 1 amide bonds. The number of halogens is 1. The second-order valence-corrected chi connectivity index (χ2v) is 5.04. The Balaban J connectivity index is 2.94. The molecule has 0 saturated carbocycles. The number of carbonyl (C=O) groups excluding carboxylic acids is 1. The van der Waals surface area contributed by atoms with E-state index in [4.69, 9.17) is 0 Å². The summed E-state index contributed by atoms with van der Waals surface area (Å²) in [5.41, 5.74) is 1.65. The lowest BCUT2D eigenvalue weighted by Gasteiger charge is -2.24. The van der Waals surface area contributed by atoms with Gasteiger partial charge in [-0.15, -0.1) is 0 Å². The van der Waals surface area contributed by atoms with Crippen LogP contribution in [0.3, 0.4) is 0 Å². The van der Waals surface area contributed by atoms with Crippen LogP contribution in [0.5, 0.6) is 0 Å². The van der Waals surface area contributed by atoms with Crippen LogP contribution in [0, 0.1) is 12.7 Å². The molecule has 112 valence electrons. The van der Waals surface area contributed by atoms with Crippen molar-refractivity contribution in [1.29, 1.82) is 0 Å². The maximum Gasteiger partial charge on any atom is 0.239 e. The van der Waals surface area contributed by atoms with E-state index < -0.39 is 6.10 Å². The monoisotopic (exact) mass is 282 g/mol. The Hall–Kier alpha value is -1.62. The number of aryl methyl sites for hydroxylation is 1. The molecule has 4 nitrogen and oxygen atoms in total. The van der Waals surface area contributed by atoms with Crippen LogP contribution in [-0.4, -0.2) is 31.2 Å². The summed E-state index contributed by atoms with van der Waals surface area (Å²) in [6, 6.07) is 2.99. The van der Waals surface area contributed by atoms with E-state index in [0.717, 1.165) is 6.42 Å². The molecule has 1 aromatic carbocycles. The van der Waals surface area contributed by atoms with Crippen molar-refractivity contribution in [3.8, 4) is 0 Å². The lowest BCUT2D eigenvalue weighted by atomic mass is 10.0. The van der Waals surface area contributed by atoms with Crippen LogP contribution in [-0.2, 0) is 4.79 Å². The third-order valence-corrected chi connectivity index (χ3v) is 3.12.